The summed E-state index contributed by atoms with van der Waals surface area (Å²) in [5.41, 5.74) is 0.544. The van der Waals surface area contributed by atoms with E-state index in [1.807, 2.05) is 4.90 Å². The van der Waals surface area contributed by atoms with Crippen molar-refractivity contribution in [3.05, 3.63) is 33.8 Å². The second-order valence-corrected chi connectivity index (χ2v) is 7.25. The zero-order valence-electron chi connectivity index (χ0n) is 13.6. The number of halogens is 3. The molecule has 1 aromatic carbocycles. The number of piperazine rings is 1. The van der Waals surface area contributed by atoms with Gasteiger partial charge in [-0.05, 0) is 50.0 Å². The molecule has 134 valence electrons. The molecule has 1 N–H and O–H groups in total. The van der Waals surface area contributed by atoms with Crippen LogP contribution in [0.5, 0.6) is 0 Å². The highest BCUT2D eigenvalue weighted by molar-refractivity contribution is 6.36. The Balaban J connectivity index is 0.00000208. The second-order valence-electron chi connectivity index (χ2n) is 6.41. The third kappa shape index (κ3) is 4.99. The van der Waals surface area contributed by atoms with Crippen LogP contribution in [0.4, 0.5) is 0 Å². The topological polar surface area (TPSA) is 35.6 Å². The maximum Gasteiger partial charge on any atom is 0.255 e. The average molecular weight is 393 g/mol. The van der Waals surface area contributed by atoms with Gasteiger partial charge in [0.2, 0.25) is 0 Å². The predicted molar refractivity (Wildman–Crippen MR) is 102 cm³/mol. The van der Waals surface area contributed by atoms with Gasteiger partial charge in [0.25, 0.3) is 5.91 Å². The highest BCUT2D eigenvalue weighted by atomic mass is 35.5. The lowest BCUT2D eigenvalue weighted by molar-refractivity contribution is 0.0608. The van der Waals surface area contributed by atoms with E-state index in [-0.39, 0.29) is 18.3 Å². The molecule has 0 spiro atoms. The van der Waals surface area contributed by atoms with E-state index in [0.717, 1.165) is 51.7 Å². The van der Waals surface area contributed by atoms with Crippen molar-refractivity contribution in [1.82, 2.24) is 15.1 Å². The first-order valence-corrected chi connectivity index (χ1v) is 9.06. The smallest absolute Gasteiger partial charge is 0.255 e. The van der Waals surface area contributed by atoms with Crippen LogP contribution in [-0.4, -0.2) is 61.5 Å². The molecule has 0 aromatic heterocycles. The molecule has 0 bridgehead atoms. The molecular formula is C17H24Cl3N3O. The van der Waals surface area contributed by atoms with Crippen molar-refractivity contribution in [3.8, 4) is 0 Å². The molecule has 1 amide bonds. The van der Waals surface area contributed by atoms with Gasteiger partial charge in [-0.2, -0.15) is 0 Å². The van der Waals surface area contributed by atoms with Crippen LogP contribution in [0.2, 0.25) is 10.0 Å². The van der Waals surface area contributed by atoms with Gasteiger partial charge in [0.05, 0.1) is 10.6 Å². The van der Waals surface area contributed by atoms with E-state index in [9.17, 15) is 4.79 Å². The lowest BCUT2D eigenvalue weighted by Crippen LogP contribution is -2.50. The number of nitrogens with zero attached hydrogens (tertiary/aromatic N) is 2. The molecule has 7 heteroatoms. The number of amides is 1. The Bertz CT molecular complexity index is 556. The molecule has 4 nitrogen and oxygen atoms in total. The largest absolute Gasteiger partial charge is 0.336 e. The maximum absolute atomic E-state index is 12.6. The van der Waals surface area contributed by atoms with Crippen molar-refractivity contribution in [2.45, 2.75) is 12.8 Å². The molecule has 2 aliphatic heterocycles. The van der Waals surface area contributed by atoms with Crippen molar-refractivity contribution in [2.24, 2.45) is 5.92 Å². The molecule has 0 saturated carbocycles. The summed E-state index contributed by atoms with van der Waals surface area (Å²) in [6.45, 7) is 6.86. The zero-order chi connectivity index (χ0) is 16.2. The van der Waals surface area contributed by atoms with Gasteiger partial charge in [-0.25, -0.2) is 0 Å². The summed E-state index contributed by atoms with van der Waals surface area (Å²) in [7, 11) is 0. The quantitative estimate of drug-likeness (QED) is 0.858. The lowest BCUT2D eigenvalue weighted by atomic mass is 9.97. The summed E-state index contributed by atoms with van der Waals surface area (Å²) >= 11 is 12.1. The molecule has 1 aromatic rings. The third-order valence-electron chi connectivity index (χ3n) is 4.80. The number of hydrogen-bond donors (Lipinski definition) is 1. The highest BCUT2D eigenvalue weighted by Gasteiger charge is 2.25. The first kappa shape index (κ1) is 19.8. The van der Waals surface area contributed by atoms with Crippen molar-refractivity contribution in [3.63, 3.8) is 0 Å². The van der Waals surface area contributed by atoms with Crippen LogP contribution in [0.15, 0.2) is 18.2 Å². The summed E-state index contributed by atoms with van der Waals surface area (Å²) < 4.78 is 0. The van der Waals surface area contributed by atoms with Crippen LogP contribution in [-0.2, 0) is 0 Å². The summed E-state index contributed by atoms with van der Waals surface area (Å²) in [4.78, 5) is 17.0. The number of carbonyl (C=O) groups is 1. The Kier molecular flexibility index (Phi) is 7.63. The van der Waals surface area contributed by atoms with E-state index in [2.05, 4.69) is 10.2 Å². The van der Waals surface area contributed by atoms with E-state index in [4.69, 9.17) is 23.2 Å². The first-order valence-electron chi connectivity index (χ1n) is 8.31. The summed E-state index contributed by atoms with van der Waals surface area (Å²) in [5.74, 6) is 0.803. The Hall–Kier alpha value is -0.520. The van der Waals surface area contributed by atoms with Gasteiger partial charge in [0.1, 0.15) is 0 Å². The standard InChI is InChI=1S/C17H23Cl2N3O.ClH/c18-14-1-2-15(16(19)11-14)17(23)22-9-7-21(8-10-22)12-13-3-5-20-6-4-13;/h1-2,11,13,20H,3-10,12H2;1H. The van der Waals surface area contributed by atoms with Crippen LogP contribution >= 0.6 is 35.6 Å². The molecule has 0 aliphatic carbocycles. The van der Waals surface area contributed by atoms with Gasteiger partial charge in [-0.15, -0.1) is 12.4 Å². The molecule has 24 heavy (non-hydrogen) atoms. The maximum atomic E-state index is 12.6. The van der Waals surface area contributed by atoms with Crippen LogP contribution in [0, 0.1) is 5.92 Å². The predicted octanol–water partition coefficient (Wildman–Crippen LogP) is 3.17. The summed E-state index contributed by atoms with van der Waals surface area (Å²) in [5, 5.41) is 4.39. The number of nitrogens with one attached hydrogen (secondary N) is 1. The Labute approximate surface area is 159 Å². The number of hydrogen-bond acceptors (Lipinski definition) is 3. The van der Waals surface area contributed by atoms with E-state index >= 15 is 0 Å². The van der Waals surface area contributed by atoms with Gasteiger partial charge in [0.15, 0.2) is 0 Å². The Morgan fingerprint density at radius 1 is 1.12 bits per heavy atom. The van der Waals surface area contributed by atoms with Gasteiger partial charge in [-0.3, -0.25) is 9.69 Å². The normalized spacial score (nSPS) is 19.8. The van der Waals surface area contributed by atoms with E-state index < -0.39 is 0 Å². The van der Waals surface area contributed by atoms with Crippen LogP contribution in [0.25, 0.3) is 0 Å². The minimum absolute atomic E-state index is 0. The molecule has 2 heterocycles. The van der Waals surface area contributed by atoms with E-state index in [0.29, 0.717) is 15.6 Å². The monoisotopic (exact) mass is 391 g/mol. The van der Waals surface area contributed by atoms with Gasteiger partial charge >= 0.3 is 0 Å². The van der Waals surface area contributed by atoms with Gasteiger partial charge in [-0.1, -0.05) is 23.2 Å². The molecule has 0 atom stereocenters. The van der Waals surface area contributed by atoms with Gasteiger partial charge in [0, 0.05) is 37.7 Å². The molecule has 0 unspecified atom stereocenters. The minimum Gasteiger partial charge on any atom is -0.336 e. The first-order chi connectivity index (χ1) is 11.1. The molecule has 2 fully saturated rings. The molecule has 2 aliphatic rings. The third-order valence-corrected chi connectivity index (χ3v) is 5.34. The fourth-order valence-corrected chi connectivity index (χ4v) is 3.89. The Morgan fingerprint density at radius 2 is 1.79 bits per heavy atom. The number of carbonyl (C=O) groups excluding carboxylic acids is 1. The molecular weight excluding hydrogens is 369 g/mol. The lowest BCUT2D eigenvalue weighted by Gasteiger charge is -2.37. The van der Waals surface area contributed by atoms with Crippen molar-refractivity contribution in [1.29, 1.82) is 0 Å². The van der Waals surface area contributed by atoms with E-state index in [1.54, 1.807) is 18.2 Å². The number of piperidine rings is 1. The van der Waals surface area contributed by atoms with Gasteiger partial charge < -0.3 is 10.2 Å². The van der Waals surface area contributed by atoms with Crippen LogP contribution in [0.3, 0.4) is 0 Å². The Morgan fingerprint density at radius 3 is 2.42 bits per heavy atom. The average Bonchev–Trinajstić information content (AvgIpc) is 2.56. The highest BCUT2D eigenvalue weighted by Crippen LogP contribution is 2.23. The van der Waals surface area contributed by atoms with E-state index in [1.165, 1.54) is 12.8 Å². The van der Waals surface area contributed by atoms with Crippen LogP contribution < -0.4 is 5.32 Å². The fraction of sp³-hybridized carbons (Fsp3) is 0.588. The molecule has 2 saturated heterocycles. The van der Waals surface area contributed by atoms with Crippen LogP contribution in [0.1, 0.15) is 23.2 Å². The second kappa shape index (κ2) is 9.25. The van der Waals surface area contributed by atoms with Crippen molar-refractivity contribution < 1.29 is 4.79 Å². The SMILES string of the molecule is Cl.O=C(c1ccc(Cl)cc1Cl)N1CCN(CC2CCNCC2)CC1. The number of benzene rings is 1. The summed E-state index contributed by atoms with van der Waals surface area (Å²) in [6.07, 6.45) is 2.53. The summed E-state index contributed by atoms with van der Waals surface area (Å²) in [6, 6.07) is 5.06. The van der Waals surface area contributed by atoms with Crippen molar-refractivity contribution >= 4 is 41.5 Å². The number of rotatable bonds is 3. The molecule has 0 radical (unpaired) electrons. The minimum atomic E-state index is 0. The van der Waals surface area contributed by atoms with Crippen molar-refractivity contribution in [2.75, 3.05) is 45.8 Å². The zero-order valence-corrected chi connectivity index (χ0v) is 16.0. The molecule has 3 rings (SSSR count). The fourth-order valence-electron chi connectivity index (χ4n) is 3.40.